The molecule has 0 saturated carbocycles. The molecule has 0 fully saturated rings. The van der Waals surface area contributed by atoms with Crippen molar-refractivity contribution in [3.8, 4) is 5.75 Å². The number of aryl methyl sites for hydroxylation is 1. The van der Waals surface area contributed by atoms with Crippen molar-refractivity contribution < 1.29 is 14.3 Å². The number of nitrogens with one attached hydrogen (secondary N) is 1. The molecule has 120 valence electrons. The number of nitrogen functional groups attached to an aromatic ring is 1. The zero-order valence-electron chi connectivity index (χ0n) is 12.5. The van der Waals surface area contributed by atoms with E-state index in [1.54, 1.807) is 30.5 Å². The lowest BCUT2D eigenvalue weighted by Crippen LogP contribution is -2.23. The third kappa shape index (κ3) is 5.66. The van der Waals surface area contributed by atoms with Crippen molar-refractivity contribution in [1.29, 1.82) is 0 Å². The Morgan fingerprint density at radius 3 is 2.70 bits per heavy atom. The third-order valence-electron chi connectivity index (χ3n) is 3.09. The highest BCUT2D eigenvalue weighted by atomic mass is 16.5. The van der Waals surface area contributed by atoms with Gasteiger partial charge in [0, 0.05) is 19.2 Å². The maximum Gasteiger partial charge on any atom is 0.409 e. The molecule has 0 aliphatic rings. The lowest BCUT2D eigenvalue weighted by Gasteiger charge is -2.07. The van der Waals surface area contributed by atoms with Crippen LogP contribution in [0.15, 0.2) is 42.6 Å². The second-order valence-electron chi connectivity index (χ2n) is 4.94. The highest BCUT2D eigenvalue weighted by Crippen LogP contribution is 2.14. The molecule has 0 unspecified atom stereocenters. The number of hydrogen-bond acceptors (Lipinski definition) is 5. The van der Waals surface area contributed by atoms with Crippen LogP contribution in [0.25, 0.3) is 0 Å². The lowest BCUT2D eigenvalue weighted by atomic mass is 10.1. The lowest BCUT2D eigenvalue weighted by molar-refractivity contribution is -0.121. The number of primary amides is 1. The number of anilines is 1. The SMILES string of the molecule is NC(=O)Oc1cccc(CCC(=O)NCc2ccc(N)nc2)c1. The van der Waals surface area contributed by atoms with E-state index >= 15 is 0 Å². The Hall–Kier alpha value is -3.09. The van der Waals surface area contributed by atoms with E-state index in [2.05, 4.69) is 10.3 Å². The van der Waals surface area contributed by atoms with Gasteiger partial charge in [0.25, 0.3) is 0 Å². The second kappa shape index (κ2) is 7.79. The fourth-order valence-corrected chi connectivity index (χ4v) is 1.97. The minimum Gasteiger partial charge on any atom is -0.410 e. The predicted octanol–water partition coefficient (Wildman–Crippen LogP) is 1.37. The number of carbonyl (C=O) groups excluding carboxylic acids is 2. The first-order valence-electron chi connectivity index (χ1n) is 7.06. The number of nitrogens with two attached hydrogens (primary N) is 2. The smallest absolute Gasteiger partial charge is 0.409 e. The number of ether oxygens (including phenoxy) is 1. The number of carbonyl (C=O) groups is 2. The maximum absolute atomic E-state index is 11.9. The van der Waals surface area contributed by atoms with Gasteiger partial charge in [0.15, 0.2) is 0 Å². The first-order chi connectivity index (χ1) is 11.0. The van der Waals surface area contributed by atoms with Crippen LogP contribution in [0.5, 0.6) is 5.75 Å². The molecule has 0 saturated heterocycles. The average Bonchev–Trinajstić information content (AvgIpc) is 2.52. The van der Waals surface area contributed by atoms with Gasteiger partial charge in [-0.2, -0.15) is 0 Å². The van der Waals surface area contributed by atoms with E-state index in [-0.39, 0.29) is 5.91 Å². The standard InChI is InChI=1S/C16H18N4O3/c17-14-6-4-12(9-19-14)10-20-15(21)7-5-11-2-1-3-13(8-11)23-16(18)22/h1-4,6,8-9H,5,7,10H2,(H2,17,19)(H2,18,22)(H,20,21). The predicted molar refractivity (Wildman–Crippen MR) is 85.5 cm³/mol. The molecule has 0 atom stereocenters. The van der Waals surface area contributed by atoms with Crippen LogP contribution in [0.1, 0.15) is 17.5 Å². The van der Waals surface area contributed by atoms with Gasteiger partial charge in [-0.3, -0.25) is 4.79 Å². The molecule has 7 nitrogen and oxygen atoms in total. The molecule has 1 aromatic carbocycles. The quantitative estimate of drug-likeness (QED) is 0.743. The number of hydrogen-bond donors (Lipinski definition) is 3. The average molecular weight is 314 g/mol. The van der Waals surface area contributed by atoms with Gasteiger partial charge < -0.3 is 21.5 Å². The van der Waals surface area contributed by atoms with E-state index in [0.717, 1.165) is 11.1 Å². The van der Waals surface area contributed by atoms with Gasteiger partial charge in [0.1, 0.15) is 11.6 Å². The zero-order valence-corrected chi connectivity index (χ0v) is 12.5. The summed E-state index contributed by atoms with van der Waals surface area (Å²) in [6.07, 6.45) is 1.61. The number of rotatable bonds is 6. The second-order valence-corrected chi connectivity index (χ2v) is 4.94. The summed E-state index contributed by atoms with van der Waals surface area (Å²) in [7, 11) is 0. The number of pyridine rings is 1. The van der Waals surface area contributed by atoms with Gasteiger partial charge in [0.05, 0.1) is 0 Å². The monoisotopic (exact) mass is 314 g/mol. The molecule has 0 radical (unpaired) electrons. The summed E-state index contributed by atoms with van der Waals surface area (Å²) in [4.78, 5) is 26.5. The summed E-state index contributed by atoms with van der Waals surface area (Å²) in [5, 5.41) is 2.81. The van der Waals surface area contributed by atoms with Gasteiger partial charge in [0.2, 0.25) is 5.91 Å². The first-order valence-corrected chi connectivity index (χ1v) is 7.06. The molecule has 1 heterocycles. The molecule has 2 amide bonds. The summed E-state index contributed by atoms with van der Waals surface area (Å²) < 4.78 is 4.80. The topological polar surface area (TPSA) is 120 Å². The Morgan fingerprint density at radius 1 is 1.17 bits per heavy atom. The van der Waals surface area contributed by atoms with Crippen LogP contribution in [0.2, 0.25) is 0 Å². The Balaban J connectivity index is 1.80. The fourth-order valence-electron chi connectivity index (χ4n) is 1.97. The van der Waals surface area contributed by atoms with Crippen LogP contribution in [-0.4, -0.2) is 17.0 Å². The summed E-state index contributed by atoms with van der Waals surface area (Å²) in [5.41, 5.74) is 12.2. The molecule has 1 aromatic heterocycles. The molecule has 7 heteroatoms. The Bertz CT molecular complexity index is 686. The summed E-state index contributed by atoms with van der Waals surface area (Å²) in [6.45, 7) is 0.400. The highest BCUT2D eigenvalue weighted by molar-refractivity contribution is 5.76. The van der Waals surface area contributed by atoms with Crippen LogP contribution >= 0.6 is 0 Å². The van der Waals surface area contributed by atoms with E-state index in [9.17, 15) is 9.59 Å². The Labute approximate surface area is 133 Å². The van der Waals surface area contributed by atoms with Crippen molar-refractivity contribution in [2.24, 2.45) is 5.73 Å². The van der Waals surface area contributed by atoms with Crippen LogP contribution in [0, 0.1) is 0 Å². The number of amides is 2. The fraction of sp³-hybridized carbons (Fsp3) is 0.188. The van der Waals surface area contributed by atoms with Crippen LogP contribution in [0.4, 0.5) is 10.6 Å². The van der Waals surface area contributed by atoms with E-state index in [0.29, 0.717) is 31.0 Å². The molecule has 2 aromatic rings. The van der Waals surface area contributed by atoms with Gasteiger partial charge in [-0.05, 0) is 35.7 Å². The van der Waals surface area contributed by atoms with Crippen molar-refractivity contribution in [3.63, 3.8) is 0 Å². The van der Waals surface area contributed by atoms with E-state index in [4.69, 9.17) is 16.2 Å². The minimum atomic E-state index is -0.864. The molecule has 0 aliphatic heterocycles. The van der Waals surface area contributed by atoms with Crippen LogP contribution in [-0.2, 0) is 17.8 Å². The van der Waals surface area contributed by atoms with Gasteiger partial charge in [-0.1, -0.05) is 18.2 Å². The van der Waals surface area contributed by atoms with Gasteiger partial charge >= 0.3 is 6.09 Å². The summed E-state index contributed by atoms with van der Waals surface area (Å²) >= 11 is 0. The molecule has 5 N–H and O–H groups in total. The number of nitrogens with zero attached hydrogens (tertiary/aromatic N) is 1. The first kappa shape index (κ1) is 16.3. The molecular formula is C16H18N4O3. The van der Waals surface area contributed by atoms with E-state index < -0.39 is 6.09 Å². The third-order valence-corrected chi connectivity index (χ3v) is 3.09. The highest BCUT2D eigenvalue weighted by Gasteiger charge is 2.05. The maximum atomic E-state index is 11.9. The summed E-state index contributed by atoms with van der Waals surface area (Å²) in [6, 6.07) is 10.4. The number of benzene rings is 1. The van der Waals surface area contributed by atoms with Crippen molar-refractivity contribution in [3.05, 3.63) is 53.7 Å². The molecule has 0 aliphatic carbocycles. The molecule has 0 bridgehead atoms. The van der Waals surface area contributed by atoms with Crippen molar-refractivity contribution >= 4 is 17.8 Å². The van der Waals surface area contributed by atoms with Crippen molar-refractivity contribution in [2.45, 2.75) is 19.4 Å². The molecular weight excluding hydrogens is 296 g/mol. The minimum absolute atomic E-state index is 0.0805. The van der Waals surface area contributed by atoms with Crippen LogP contribution < -0.4 is 21.5 Å². The number of aromatic nitrogens is 1. The van der Waals surface area contributed by atoms with Crippen molar-refractivity contribution in [1.82, 2.24) is 10.3 Å². The normalized spacial score (nSPS) is 10.1. The van der Waals surface area contributed by atoms with Gasteiger partial charge in [-0.25, -0.2) is 9.78 Å². The van der Waals surface area contributed by atoms with Gasteiger partial charge in [-0.15, -0.1) is 0 Å². The molecule has 2 rings (SSSR count). The van der Waals surface area contributed by atoms with Crippen molar-refractivity contribution in [2.75, 3.05) is 5.73 Å². The van der Waals surface area contributed by atoms with E-state index in [1.807, 2.05) is 12.1 Å². The molecule has 0 spiro atoms. The van der Waals surface area contributed by atoms with E-state index in [1.165, 1.54) is 0 Å². The summed E-state index contributed by atoms with van der Waals surface area (Å²) in [5.74, 6) is 0.726. The van der Waals surface area contributed by atoms with Crippen LogP contribution in [0.3, 0.4) is 0 Å². The Morgan fingerprint density at radius 2 is 2.00 bits per heavy atom. The Kier molecular flexibility index (Phi) is 5.51. The zero-order chi connectivity index (χ0) is 16.7. The largest absolute Gasteiger partial charge is 0.410 e. The molecule has 23 heavy (non-hydrogen) atoms.